The Morgan fingerprint density at radius 3 is 2.38 bits per heavy atom. The van der Waals surface area contributed by atoms with Crippen molar-refractivity contribution in [3.05, 3.63) is 30.3 Å². The third-order valence-corrected chi connectivity index (χ3v) is 3.47. The van der Waals surface area contributed by atoms with Crippen LogP contribution in [0.5, 0.6) is 0 Å². The second-order valence-corrected chi connectivity index (χ2v) is 4.61. The Kier molecular flexibility index (Phi) is 4.23. The van der Waals surface area contributed by atoms with Gasteiger partial charge < -0.3 is 10.6 Å². The molecule has 0 atom stereocenters. The summed E-state index contributed by atoms with van der Waals surface area (Å²) in [5, 5.41) is 0. The first-order valence-electron chi connectivity index (χ1n) is 6.43. The van der Waals surface area contributed by atoms with Crippen LogP contribution in [0.15, 0.2) is 30.3 Å². The molecule has 1 fully saturated rings. The molecule has 0 saturated heterocycles. The minimum Gasteiger partial charge on any atom is -0.367 e. The lowest BCUT2D eigenvalue weighted by atomic mass is 9.94. The summed E-state index contributed by atoms with van der Waals surface area (Å²) in [6.45, 7) is 1.72. The highest BCUT2D eigenvalue weighted by molar-refractivity contribution is 5.47. The molecular formula is C14H22N2. The number of anilines is 1. The highest BCUT2D eigenvalue weighted by atomic mass is 15.2. The van der Waals surface area contributed by atoms with Crippen LogP contribution in [-0.4, -0.2) is 19.1 Å². The smallest absolute Gasteiger partial charge is 0.0369 e. The predicted molar refractivity (Wildman–Crippen MR) is 69.7 cm³/mol. The molecule has 2 heteroatoms. The maximum absolute atomic E-state index is 5.73. The number of nitrogens with zero attached hydrogens (tertiary/aromatic N) is 1. The molecule has 1 aliphatic carbocycles. The van der Waals surface area contributed by atoms with E-state index in [1.807, 2.05) is 0 Å². The zero-order valence-corrected chi connectivity index (χ0v) is 9.94. The predicted octanol–water partition coefficient (Wildman–Crippen LogP) is 2.78. The van der Waals surface area contributed by atoms with Crippen LogP contribution in [-0.2, 0) is 0 Å². The van der Waals surface area contributed by atoms with E-state index in [0.717, 1.165) is 13.1 Å². The molecule has 0 unspecified atom stereocenters. The summed E-state index contributed by atoms with van der Waals surface area (Å²) in [7, 11) is 0. The van der Waals surface area contributed by atoms with Crippen molar-refractivity contribution in [2.24, 2.45) is 5.73 Å². The van der Waals surface area contributed by atoms with Crippen LogP contribution in [0.2, 0.25) is 0 Å². The molecule has 1 aliphatic rings. The summed E-state index contributed by atoms with van der Waals surface area (Å²) in [5.74, 6) is 0. The molecule has 1 saturated carbocycles. The van der Waals surface area contributed by atoms with E-state index in [1.165, 1.54) is 37.8 Å². The lowest BCUT2D eigenvalue weighted by molar-refractivity contribution is 0.416. The minimum atomic E-state index is 0.708. The molecular weight excluding hydrogens is 196 g/mol. The van der Waals surface area contributed by atoms with E-state index in [2.05, 4.69) is 35.2 Å². The average Bonchev–Trinajstić information content (AvgIpc) is 2.38. The molecule has 16 heavy (non-hydrogen) atoms. The highest BCUT2D eigenvalue weighted by Crippen LogP contribution is 2.26. The van der Waals surface area contributed by atoms with Gasteiger partial charge in [0.1, 0.15) is 0 Å². The highest BCUT2D eigenvalue weighted by Gasteiger charge is 2.20. The van der Waals surface area contributed by atoms with E-state index in [-0.39, 0.29) is 0 Å². The lowest BCUT2D eigenvalue weighted by Crippen LogP contribution is -2.40. The lowest BCUT2D eigenvalue weighted by Gasteiger charge is -2.36. The number of para-hydroxylation sites is 1. The van der Waals surface area contributed by atoms with Gasteiger partial charge in [-0.1, -0.05) is 37.5 Å². The molecule has 0 radical (unpaired) electrons. The summed E-state index contributed by atoms with van der Waals surface area (Å²) >= 11 is 0. The Morgan fingerprint density at radius 2 is 1.75 bits per heavy atom. The normalized spacial score (nSPS) is 17.3. The van der Waals surface area contributed by atoms with Crippen molar-refractivity contribution in [3.63, 3.8) is 0 Å². The number of hydrogen-bond acceptors (Lipinski definition) is 2. The Balaban J connectivity index is 2.09. The Hall–Kier alpha value is -1.02. The average molecular weight is 218 g/mol. The first-order valence-corrected chi connectivity index (χ1v) is 6.43. The van der Waals surface area contributed by atoms with E-state index >= 15 is 0 Å². The summed E-state index contributed by atoms with van der Waals surface area (Å²) in [6, 6.07) is 11.4. The molecule has 1 aromatic carbocycles. The fourth-order valence-corrected chi connectivity index (χ4v) is 2.67. The SMILES string of the molecule is NCCN(c1ccccc1)C1CCCCC1. The molecule has 2 rings (SSSR count). The van der Waals surface area contributed by atoms with Crippen LogP contribution in [0.3, 0.4) is 0 Å². The van der Waals surface area contributed by atoms with Gasteiger partial charge in [-0.15, -0.1) is 0 Å². The van der Waals surface area contributed by atoms with E-state index in [4.69, 9.17) is 5.73 Å². The first kappa shape index (κ1) is 11.5. The quantitative estimate of drug-likeness (QED) is 0.842. The maximum Gasteiger partial charge on any atom is 0.0369 e. The molecule has 0 heterocycles. The van der Waals surface area contributed by atoms with E-state index in [9.17, 15) is 0 Å². The van der Waals surface area contributed by atoms with Crippen LogP contribution in [0.4, 0.5) is 5.69 Å². The molecule has 88 valence electrons. The van der Waals surface area contributed by atoms with Gasteiger partial charge in [0, 0.05) is 24.8 Å². The van der Waals surface area contributed by atoms with Crippen molar-refractivity contribution in [2.75, 3.05) is 18.0 Å². The Bertz CT molecular complexity index is 291. The van der Waals surface area contributed by atoms with Gasteiger partial charge in [0.15, 0.2) is 0 Å². The number of benzene rings is 1. The number of hydrogen-bond donors (Lipinski definition) is 1. The van der Waals surface area contributed by atoms with Gasteiger partial charge >= 0.3 is 0 Å². The monoisotopic (exact) mass is 218 g/mol. The van der Waals surface area contributed by atoms with Gasteiger partial charge in [-0.3, -0.25) is 0 Å². The van der Waals surface area contributed by atoms with Crippen LogP contribution in [0, 0.1) is 0 Å². The molecule has 2 nitrogen and oxygen atoms in total. The van der Waals surface area contributed by atoms with Crippen molar-refractivity contribution in [1.29, 1.82) is 0 Å². The van der Waals surface area contributed by atoms with Crippen molar-refractivity contribution < 1.29 is 0 Å². The molecule has 0 bridgehead atoms. The summed E-state index contributed by atoms with van der Waals surface area (Å²) in [6.07, 6.45) is 6.81. The second kappa shape index (κ2) is 5.90. The standard InChI is InChI=1S/C14H22N2/c15-11-12-16(13-7-3-1-4-8-13)14-9-5-2-6-10-14/h1,3-4,7-8,14H,2,5-6,9-12,15H2. The number of rotatable bonds is 4. The Morgan fingerprint density at radius 1 is 1.06 bits per heavy atom. The van der Waals surface area contributed by atoms with E-state index in [1.54, 1.807) is 0 Å². The maximum atomic E-state index is 5.73. The first-order chi connectivity index (χ1) is 7.92. The van der Waals surface area contributed by atoms with Gasteiger partial charge in [-0.25, -0.2) is 0 Å². The van der Waals surface area contributed by atoms with Crippen LogP contribution < -0.4 is 10.6 Å². The van der Waals surface area contributed by atoms with Crippen LogP contribution >= 0.6 is 0 Å². The van der Waals surface area contributed by atoms with Gasteiger partial charge in [0.2, 0.25) is 0 Å². The second-order valence-electron chi connectivity index (χ2n) is 4.61. The van der Waals surface area contributed by atoms with Crippen LogP contribution in [0.25, 0.3) is 0 Å². The topological polar surface area (TPSA) is 29.3 Å². The van der Waals surface area contributed by atoms with Crippen molar-refractivity contribution in [1.82, 2.24) is 0 Å². The molecule has 1 aromatic rings. The fraction of sp³-hybridized carbons (Fsp3) is 0.571. The Labute approximate surface area is 98.4 Å². The third-order valence-electron chi connectivity index (χ3n) is 3.47. The summed E-state index contributed by atoms with van der Waals surface area (Å²) < 4.78 is 0. The van der Waals surface area contributed by atoms with Gasteiger partial charge in [-0.2, -0.15) is 0 Å². The zero-order valence-electron chi connectivity index (χ0n) is 9.94. The van der Waals surface area contributed by atoms with Crippen LogP contribution in [0.1, 0.15) is 32.1 Å². The molecule has 0 amide bonds. The molecule has 0 aliphatic heterocycles. The third kappa shape index (κ3) is 2.76. The summed E-state index contributed by atoms with van der Waals surface area (Å²) in [5.41, 5.74) is 7.06. The van der Waals surface area contributed by atoms with Gasteiger partial charge in [-0.05, 0) is 25.0 Å². The minimum absolute atomic E-state index is 0.708. The largest absolute Gasteiger partial charge is 0.367 e. The molecule has 0 spiro atoms. The van der Waals surface area contributed by atoms with Gasteiger partial charge in [0.25, 0.3) is 0 Å². The number of nitrogens with two attached hydrogens (primary N) is 1. The summed E-state index contributed by atoms with van der Waals surface area (Å²) in [4.78, 5) is 2.50. The van der Waals surface area contributed by atoms with Crippen molar-refractivity contribution >= 4 is 5.69 Å². The van der Waals surface area contributed by atoms with Crippen molar-refractivity contribution in [3.8, 4) is 0 Å². The molecule has 0 aromatic heterocycles. The van der Waals surface area contributed by atoms with E-state index < -0.39 is 0 Å². The van der Waals surface area contributed by atoms with Crippen molar-refractivity contribution in [2.45, 2.75) is 38.1 Å². The van der Waals surface area contributed by atoms with E-state index in [0.29, 0.717) is 6.04 Å². The zero-order chi connectivity index (χ0) is 11.2. The fourth-order valence-electron chi connectivity index (χ4n) is 2.67. The molecule has 2 N–H and O–H groups in total. The van der Waals surface area contributed by atoms with Gasteiger partial charge in [0.05, 0.1) is 0 Å².